The summed E-state index contributed by atoms with van der Waals surface area (Å²) in [5.74, 6) is -0.856. The smallest absolute Gasteiger partial charge is 0.339 e. The molecule has 2 aromatic rings. The number of ether oxygens (including phenoxy) is 2. The van der Waals surface area contributed by atoms with E-state index < -0.39 is 41.2 Å². The summed E-state index contributed by atoms with van der Waals surface area (Å²) in [4.78, 5) is 56.2. The molecule has 5 heterocycles. The van der Waals surface area contributed by atoms with Gasteiger partial charge in [0.25, 0.3) is 0 Å². The van der Waals surface area contributed by atoms with Gasteiger partial charge in [-0.15, -0.1) is 0 Å². The number of dihydropyridines is 1. The maximum absolute atomic E-state index is 14.5. The lowest BCUT2D eigenvalue weighted by Crippen LogP contribution is -2.71. The van der Waals surface area contributed by atoms with Crippen LogP contribution in [0.2, 0.25) is 0 Å². The third-order valence-corrected chi connectivity index (χ3v) is 16.6. The quantitative estimate of drug-likeness (QED) is 0.0506. The molecule has 60 heavy (non-hydrogen) atoms. The number of hydrogen-bond donors (Lipinski definition) is 6. The Hall–Kier alpha value is -4.06. The molecule has 1 aromatic heterocycles. The first kappa shape index (κ1) is 42.6. The van der Waals surface area contributed by atoms with Crippen LogP contribution < -0.4 is 26.7 Å². The van der Waals surface area contributed by atoms with E-state index in [1.54, 1.807) is 53.6 Å². The number of allylic oxidation sites excluding steroid dienone is 2. The molecule has 2 aliphatic carbocycles. The summed E-state index contributed by atoms with van der Waals surface area (Å²) in [5, 5.41) is 37.9. The highest BCUT2D eigenvalue weighted by molar-refractivity contribution is 8.77. The van der Waals surface area contributed by atoms with E-state index in [1.165, 1.54) is 0 Å². The van der Waals surface area contributed by atoms with Crippen molar-refractivity contribution in [2.24, 2.45) is 29.4 Å². The predicted molar refractivity (Wildman–Crippen MR) is 229 cm³/mol. The van der Waals surface area contributed by atoms with Crippen molar-refractivity contribution >= 4 is 50.7 Å². The second-order valence-electron chi connectivity index (χ2n) is 16.9. The van der Waals surface area contributed by atoms with E-state index in [4.69, 9.17) is 19.6 Å². The van der Waals surface area contributed by atoms with Gasteiger partial charge in [-0.25, -0.2) is 9.59 Å². The van der Waals surface area contributed by atoms with Crippen LogP contribution in [0.1, 0.15) is 50.7 Å². The summed E-state index contributed by atoms with van der Waals surface area (Å²) in [5.41, 5.74) is 7.33. The number of carbonyl (C=O) groups is 3. The Morgan fingerprint density at radius 2 is 2.02 bits per heavy atom. The zero-order valence-electron chi connectivity index (χ0n) is 34.1. The molecule has 4 aliphatic heterocycles. The summed E-state index contributed by atoms with van der Waals surface area (Å²) >= 11 is 0. The molecule has 16 heteroatoms. The van der Waals surface area contributed by atoms with E-state index in [0.29, 0.717) is 66.2 Å². The number of aliphatic hydroxyl groups excluding tert-OH is 3. The highest BCUT2D eigenvalue weighted by Crippen LogP contribution is 2.59. The van der Waals surface area contributed by atoms with Crippen molar-refractivity contribution in [3.63, 3.8) is 0 Å². The maximum Gasteiger partial charge on any atom is 0.339 e. The van der Waals surface area contributed by atoms with Crippen LogP contribution in [0.4, 0.5) is 0 Å². The molecular formula is C44H54N4O10S2. The zero-order chi connectivity index (χ0) is 42.5. The van der Waals surface area contributed by atoms with Crippen LogP contribution in [0.5, 0.6) is 5.75 Å². The fourth-order valence-electron chi connectivity index (χ4n) is 10.7. The first-order valence-electron chi connectivity index (χ1n) is 20.8. The highest BCUT2D eigenvalue weighted by Gasteiger charge is 2.67. The van der Waals surface area contributed by atoms with E-state index in [0.717, 1.165) is 28.6 Å². The number of amides is 1. The largest absolute Gasteiger partial charge is 0.481 e. The van der Waals surface area contributed by atoms with E-state index >= 15 is 0 Å². The SMILES string of the molecule is CC=C(CCO)C(=O)OC1(C)C(CO)C=C2CSSC3CC(C=O)C(NC)C4CN(C(=O)CC5=C(C=C(N)NC5)C2C12Cc1cc5cc(CCCO)c(=O)oc5cc1O2)C34. The number of aliphatic hydroxyl groups is 3. The molecule has 1 saturated heterocycles. The average molecular weight is 863 g/mol. The number of hydrogen-bond acceptors (Lipinski definition) is 15. The van der Waals surface area contributed by atoms with Gasteiger partial charge in [0.2, 0.25) is 5.91 Å². The number of rotatable bonds is 10. The van der Waals surface area contributed by atoms with Gasteiger partial charge >= 0.3 is 11.6 Å². The fraction of sp³-hybridized carbons (Fsp3) is 0.545. The third kappa shape index (κ3) is 7.10. The molecule has 1 spiro atoms. The van der Waals surface area contributed by atoms with Gasteiger partial charge in [0, 0.05) is 96.5 Å². The maximum atomic E-state index is 14.5. The standard InChI is InChI=1S/C44H54N4O10S2/c1-4-23(7-9-50)42(55)58-43(2)30(21-52)12-29-22-59-60-35-13-28(20-51)39(46-3)32-19-48(40(32)35)37(53)14-27-18-47-36(45)15-31(27)38(29)44(43)17-26-11-25-10-24(6-5-8-49)41(54)56-33(25)16-34(26)57-44/h4,10-12,15-16,20,28,30,32,35,38-40,46-47,49-50,52H,5-9,13-14,17-19,21-22,45H2,1-3H3. The Labute approximate surface area is 356 Å². The minimum Gasteiger partial charge on any atom is -0.481 e. The van der Waals surface area contributed by atoms with Crippen molar-refractivity contribution in [1.29, 1.82) is 0 Å². The summed E-state index contributed by atoms with van der Waals surface area (Å²) < 4.78 is 19.8. The summed E-state index contributed by atoms with van der Waals surface area (Å²) in [6.07, 6.45) is 8.21. The Kier molecular flexibility index (Phi) is 12.1. The van der Waals surface area contributed by atoms with Crippen LogP contribution in [0.25, 0.3) is 11.0 Å². The number of carbonyl (C=O) groups excluding carboxylic acids is 3. The van der Waals surface area contributed by atoms with E-state index in [9.17, 15) is 34.5 Å². The Morgan fingerprint density at radius 1 is 1.20 bits per heavy atom. The van der Waals surface area contributed by atoms with Gasteiger partial charge in [-0.2, -0.15) is 0 Å². The summed E-state index contributed by atoms with van der Waals surface area (Å²) in [7, 11) is 5.20. The van der Waals surface area contributed by atoms with E-state index in [-0.39, 0.29) is 73.1 Å². The third-order valence-electron chi connectivity index (χ3n) is 13.8. The van der Waals surface area contributed by atoms with Gasteiger partial charge in [-0.1, -0.05) is 39.3 Å². The molecule has 1 saturated carbocycles. The van der Waals surface area contributed by atoms with E-state index in [2.05, 4.69) is 10.6 Å². The number of aryl methyl sites for hydroxylation is 1. The van der Waals surface area contributed by atoms with Crippen molar-refractivity contribution < 1.29 is 43.6 Å². The van der Waals surface area contributed by atoms with Crippen LogP contribution in [-0.2, 0) is 32.0 Å². The lowest BCUT2D eigenvalue weighted by atomic mass is 9.57. The van der Waals surface area contributed by atoms with Gasteiger partial charge in [-0.3, -0.25) is 4.79 Å². The molecule has 14 nitrogen and oxygen atoms in total. The Morgan fingerprint density at radius 3 is 2.73 bits per heavy atom. The summed E-state index contributed by atoms with van der Waals surface area (Å²) in [6.45, 7) is 3.58. The average Bonchev–Trinajstić information content (AvgIpc) is 3.59. The van der Waals surface area contributed by atoms with Gasteiger partial charge in [-0.05, 0) is 75.1 Å². The van der Waals surface area contributed by atoms with Crippen molar-refractivity contribution in [2.45, 2.75) is 80.9 Å². The molecule has 7 N–H and O–H groups in total. The minimum absolute atomic E-state index is 0.00368. The minimum atomic E-state index is -1.56. The topological polar surface area (TPSA) is 214 Å². The van der Waals surface area contributed by atoms with Gasteiger partial charge in [0.1, 0.15) is 17.6 Å². The van der Waals surface area contributed by atoms with Gasteiger partial charge in [0.05, 0.1) is 30.8 Å². The molecule has 9 unspecified atom stereocenters. The molecule has 9 atom stereocenters. The normalized spacial score (nSPS) is 32.5. The number of nitrogens with one attached hydrogen (secondary N) is 2. The van der Waals surface area contributed by atoms with Crippen LogP contribution >= 0.6 is 21.6 Å². The van der Waals surface area contributed by atoms with Crippen LogP contribution in [-0.4, -0.2) is 113 Å². The molecule has 0 bridgehead atoms. The first-order chi connectivity index (χ1) is 28.9. The van der Waals surface area contributed by atoms with Crippen molar-refractivity contribution in [2.75, 3.05) is 45.7 Å². The molecule has 322 valence electrons. The molecule has 0 radical (unpaired) electrons. The lowest BCUT2D eigenvalue weighted by molar-refractivity contribution is -0.202. The molecule has 8 rings (SSSR count). The van der Waals surface area contributed by atoms with Gasteiger partial charge < -0.3 is 55.3 Å². The molecule has 1 amide bonds. The lowest BCUT2D eigenvalue weighted by Gasteiger charge is -2.59. The van der Waals surface area contributed by atoms with Crippen LogP contribution in [0.3, 0.4) is 0 Å². The van der Waals surface area contributed by atoms with Crippen molar-refractivity contribution in [3.8, 4) is 5.75 Å². The summed E-state index contributed by atoms with van der Waals surface area (Å²) in [6, 6.07) is 5.32. The van der Waals surface area contributed by atoms with Crippen molar-refractivity contribution in [1.82, 2.24) is 15.5 Å². The van der Waals surface area contributed by atoms with Crippen molar-refractivity contribution in [3.05, 3.63) is 86.1 Å². The van der Waals surface area contributed by atoms with Crippen LogP contribution in [0, 0.1) is 23.7 Å². The first-order valence-corrected chi connectivity index (χ1v) is 23.2. The predicted octanol–water partition coefficient (Wildman–Crippen LogP) is 2.67. The monoisotopic (exact) mass is 862 g/mol. The molecular weight excluding hydrogens is 809 g/mol. The number of nitrogens with zero attached hydrogens (tertiary/aromatic N) is 1. The Balaban J connectivity index is 1.31. The fourth-order valence-corrected chi connectivity index (χ4v) is 13.8. The second-order valence-corrected chi connectivity index (χ2v) is 19.5. The Bertz CT molecular complexity index is 2260. The number of nitrogens with two attached hydrogens (primary N) is 1. The number of aldehydes is 1. The molecule has 2 fully saturated rings. The number of benzene rings is 1. The number of fused-ring (bicyclic) bond motifs is 5. The second kappa shape index (κ2) is 17.0. The molecule has 1 aromatic carbocycles. The highest BCUT2D eigenvalue weighted by atomic mass is 33.1. The molecule has 6 aliphatic rings. The van der Waals surface area contributed by atoms with Gasteiger partial charge in [0.15, 0.2) is 11.2 Å². The number of esters is 1. The van der Waals surface area contributed by atoms with E-state index in [1.807, 2.05) is 30.2 Å². The zero-order valence-corrected chi connectivity index (χ0v) is 35.7. The van der Waals surface area contributed by atoms with Crippen LogP contribution in [0.15, 0.2) is 73.8 Å².